The summed E-state index contributed by atoms with van der Waals surface area (Å²) in [7, 11) is 0. The molecule has 1 aromatic heterocycles. The maximum Gasteiger partial charge on any atom is 0.250 e. The van der Waals surface area contributed by atoms with E-state index in [-0.39, 0.29) is 11.8 Å². The first-order valence-electron chi connectivity index (χ1n) is 6.35. The zero-order chi connectivity index (χ0) is 14.5. The molecule has 2 N–H and O–H groups in total. The summed E-state index contributed by atoms with van der Waals surface area (Å²) in [6.07, 6.45) is 3.99. The molecule has 1 aliphatic heterocycles. The average Bonchev–Trinajstić information content (AvgIpc) is 3.08. The van der Waals surface area contributed by atoms with Gasteiger partial charge in [-0.25, -0.2) is 5.10 Å². The SMILES string of the molecule is CC/C=C(/C)C(=O)N1CSC[C@@H]1C(=O)Nc1ncn[nH]1. The maximum atomic E-state index is 12.3. The summed E-state index contributed by atoms with van der Waals surface area (Å²) in [6, 6.07) is -0.474. The number of nitrogens with one attached hydrogen (secondary N) is 2. The molecule has 2 heterocycles. The molecule has 1 aliphatic rings. The third-order valence-electron chi connectivity index (χ3n) is 2.95. The van der Waals surface area contributed by atoms with E-state index in [0.29, 0.717) is 23.2 Å². The highest BCUT2D eigenvalue weighted by molar-refractivity contribution is 7.99. The highest BCUT2D eigenvalue weighted by atomic mass is 32.2. The van der Waals surface area contributed by atoms with Crippen LogP contribution in [0, 0.1) is 0 Å². The summed E-state index contributed by atoms with van der Waals surface area (Å²) in [5, 5.41) is 8.85. The molecule has 0 radical (unpaired) electrons. The number of anilines is 1. The monoisotopic (exact) mass is 295 g/mol. The molecular formula is C12H17N5O2S. The fraction of sp³-hybridized carbons (Fsp3) is 0.500. The van der Waals surface area contributed by atoms with Gasteiger partial charge in [-0.1, -0.05) is 13.0 Å². The molecular weight excluding hydrogens is 278 g/mol. The van der Waals surface area contributed by atoms with E-state index in [1.165, 1.54) is 6.33 Å². The van der Waals surface area contributed by atoms with Crippen LogP contribution >= 0.6 is 11.8 Å². The van der Waals surface area contributed by atoms with Crippen molar-refractivity contribution < 1.29 is 9.59 Å². The van der Waals surface area contributed by atoms with E-state index in [0.717, 1.165) is 6.42 Å². The summed E-state index contributed by atoms with van der Waals surface area (Å²) in [5.41, 5.74) is 0.674. The van der Waals surface area contributed by atoms with E-state index in [1.807, 2.05) is 13.0 Å². The molecule has 0 aliphatic carbocycles. The number of hydrogen-bond donors (Lipinski definition) is 2. The second kappa shape index (κ2) is 6.56. The first kappa shape index (κ1) is 14.6. The van der Waals surface area contributed by atoms with Crippen LogP contribution in [0.5, 0.6) is 0 Å². The number of amides is 2. The molecule has 0 saturated carbocycles. The molecule has 108 valence electrons. The predicted molar refractivity (Wildman–Crippen MR) is 77.0 cm³/mol. The normalized spacial score (nSPS) is 19.2. The second-order valence-electron chi connectivity index (χ2n) is 4.41. The van der Waals surface area contributed by atoms with Crippen molar-refractivity contribution in [2.75, 3.05) is 16.9 Å². The molecule has 0 aromatic carbocycles. The Hall–Kier alpha value is -1.83. The number of hydrogen-bond acceptors (Lipinski definition) is 5. The van der Waals surface area contributed by atoms with Crippen LogP contribution in [-0.2, 0) is 9.59 Å². The number of nitrogens with zero attached hydrogens (tertiary/aromatic N) is 3. The number of H-pyrrole nitrogens is 1. The van der Waals surface area contributed by atoms with Gasteiger partial charge in [-0.05, 0) is 13.3 Å². The first-order valence-corrected chi connectivity index (χ1v) is 7.50. The molecule has 1 atom stereocenters. The number of carbonyl (C=O) groups excluding carboxylic acids is 2. The lowest BCUT2D eigenvalue weighted by Gasteiger charge is -2.22. The number of aromatic amines is 1. The van der Waals surface area contributed by atoms with Crippen LogP contribution in [0.15, 0.2) is 18.0 Å². The van der Waals surface area contributed by atoms with Crippen molar-refractivity contribution in [1.29, 1.82) is 0 Å². The van der Waals surface area contributed by atoms with Gasteiger partial charge in [0.1, 0.15) is 12.4 Å². The minimum atomic E-state index is -0.474. The van der Waals surface area contributed by atoms with Crippen molar-refractivity contribution in [3.8, 4) is 0 Å². The van der Waals surface area contributed by atoms with Gasteiger partial charge in [-0.2, -0.15) is 10.1 Å². The molecule has 0 spiro atoms. The van der Waals surface area contributed by atoms with E-state index in [4.69, 9.17) is 0 Å². The maximum absolute atomic E-state index is 12.3. The molecule has 1 saturated heterocycles. The van der Waals surface area contributed by atoms with E-state index in [1.54, 1.807) is 23.6 Å². The van der Waals surface area contributed by atoms with Crippen molar-refractivity contribution in [2.45, 2.75) is 26.3 Å². The number of thioether (sulfide) groups is 1. The lowest BCUT2D eigenvalue weighted by Crippen LogP contribution is -2.45. The molecule has 7 nitrogen and oxygen atoms in total. The van der Waals surface area contributed by atoms with Crippen molar-refractivity contribution in [3.63, 3.8) is 0 Å². The Morgan fingerprint density at radius 3 is 3.10 bits per heavy atom. The second-order valence-corrected chi connectivity index (χ2v) is 5.41. The molecule has 2 amide bonds. The zero-order valence-corrected chi connectivity index (χ0v) is 12.2. The smallest absolute Gasteiger partial charge is 0.250 e. The van der Waals surface area contributed by atoms with E-state index >= 15 is 0 Å². The van der Waals surface area contributed by atoms with E-state index in [2.05, 4.69) is 20.5 Å². The molecule has 0 bridgehead atoms. The number of carbonyl (C=O) groups is 2. The van der Waals surface area contributed by atoms with Crippen LogP contribution in [0.2, 0.25) is 0 Å². The Labute approximate surface area is 121 Å². The molecule has 1 fully saturated rings. The van der Waals surface area contributed by atoms with Gasteiger partial charge < -0.3 is 4.90 Å². The van der Waals surface area contributed by atoms with Gasteiger partial charge in [-0.3, -0.25) is 14.9 Å². The Kier molecular flexibility index (Phi) is 4.78. The predicted octanol–water partition coefficient (Wildman–Crippen LogP) is 1.00. The van der Waals surface area contributed by atoms with Gasteiger partial charge in [0.05, 0.1) is 5.88 Å². The molecule has 8 heteroatoms. The molecule has 20 heavy (non-hydrogen) atoms. The quantitative estimate of drug-likeness (QED) is 0.809. The van der Waals surface area contributed by atoms with Crippen LogP contribution in [-0.4, -0.2) is 49.6 Å². The minimum absolute atomic E-state index is 0.0884. The summed E-state index contributed by atoms with van der Waals surface area (Å²) < 4.78 is 0. The van der Waals surface area contributed by atoms with E-state index < -0.39 is 6.04 Å². The van der Waals surface area contributed by atoms with Gasteiger partial charge in [0.2, 0.25) is 11.9 Å². The molecule has 0 unspecified atom stereocenters. The van der Waals surface area contributed by atoms with Crippen LogP contribution < -0.4 is 5.32 Å². The Bertz CT molecular complexity index is 514. The van der Waals surface area contributed by atoms with Crippen molar-refractivity contribution in [2.24, 2.45) is 0 Å². The highest BCUT2D eigenvalue weighted by Crippen LogP contribution is 2.23. The first-order chi connectivity index (χ1) is 9.63. The van der Waals surface area contributed by atoms with Crippen LogP contribution in [0.1, 0.15) is 20.3 Å². The molecule has 1 aromatic rings. The fourth-order valence-corrected chi connectivity index (χ4v) is 3.10. The topological polar surface area (TPSA) is 91.0 Å². The Balaban J connectivity index is 2.05. The summed E-state index contributed by atoms with van der Waals surface area (Å²) in [4.78, 5) is 29.9. The van der Waals surface area contributed by atoms with Crippen molar-refractivity contribution in [3.05, 3.63) is 18.0 Å². The van der Waals surface area contributed by atoms with Crippen LogP contribution in [0.25, 0.3) is 0 Å². The number of allylic oxidation sites excluding steroid dienone is 1. The zero-order valence-electron chi connectivity index (χ0n) is 11.4. The average molecular weight is 295 g/mol. The van der Waals surface area contributed by atoms with Gasteiger partial charge in [-0.15, -0.1) is 11.8 Å². The van der Waals surface area contributed by atoms with Gasteiger partial charge >= 0.3 is 0 Å². The van der Waals surface area contributed by atoms with Gasteiger partial charge in [0.15, 0.2) is 0 Å². The van der Waals surface area contributed by atoms with Crippen LogP contribution in [0.4, 0.5) is 5.95 Å². The standard InChI is InChI=1S/C12H17N5O2S/c1-3-4-8(2)11(19)17-7-20-5-9(17)10(18)15-12-13-6-14-16-12/h4,6,9H,3,5,7H2,1-2H3,(H2,13,14,15,16,18)/b8-4-/t9-/m1/s1. The lowest BCUT2D eigenvalue weighted by molar-refractivity contribution is -0.133. The number of aromatic nitrogens is 3. The van der Waals surface area contributed by atoms with Crippen molar-refractivity contribution >= 4 is 29.5 Å². The summed E-state index contributed by atoms with van der Waals surface area (Å²) in [6.45, 7) is 3.75. The Morgan fingerprint density at radius 2 is 2.45 bits per heavy atom. The third-order valence-corrected chi connectivity index (χ3v) is 3.96. The largest absolute Gasteiger partial charge is 0.317 e. The molecule has 2 rings (SSSR count). The number of rotatable bonds is 4. The van der Waals surface area contributed by atoms with Gasteiger partial charge in [0.25, 0.3) is 5.91 Å². The van der Waals surface area contributed by atoms with E-state index in [9.17, 15) is 9.59 Å². The summed E-state index contributed by atoms with van der Waals surface area (Å²) in [5.74, 6) is 1.08. The highest BCUT2D eigenvalue weighted by Gasteiger charge is 2.35. The van der Waals surface area contributed by atoms with Gasteiger partial charge in [0, 0.05) is 11.3 Å². The third kappa shape index (κ3) is 3.19. The summed E-state index contributed by atoms with van der Waals surface area (Å²) >= 11 is 1.57. The van der Waals surface area contributed by atoms with Crippen LogP contribution in [0.3, 0.4) is 0 Å². The fourth-order valence-electron chi connectivity index (χ4n) is 1.95. The van der Waals surface area contributed by atoms with Crippen molar-refractivity contribution in [1.82, 2.24) is 20.1 Å². The minimum Gasteiger partial charge on any atom is -0.317 e. The Morgan fingerprint density at radius 1 is 1.65 bits per heavy atom. The lowest BCUT2D eigenvalue weighted by atomic mass is 10.2.